The number of urea groups is 1. The molecule has 2 aromatic carbocycles. The fourth-order valence-corrected chi connectivity index (χ4v) is 3.27. The molecular weight excluding hydrogens is 413 g/mol. The van der Waals surface area contributed by atoms with Gasteiger partial charge in [-0.3, -0.25) is 14.5 Å². The van der Waals surface area contributed by atoms with E-state index in [1.54, 1.807) is 7.11 Å². The van der Waals surface area contributed by atoms with Gasteiger partial charge in [-0.05, 0) is 48.7 Å². The first-order valence-corrected chi connectivity index (χ1v) is 9.75. The fraction of sp³-hybridized carbons (Fsp3) is 0.286. The van der Waals surface area contributed by atoms with Crippen LogP contribution < -0.4 is 15.4 Å². The average molecular weight is 434 g/mol. The number of ether oxygens (including phenoxy) is 1. The normalized spacial score (nSPS) is 15.8. The summed E-state index contributed by atoms with van der Waals surface area (Å²) in [6.45, 7) is 0.244. The van der Waals surface area contributed by atoms with Crippen molar-refractivity contribution in [3.63, 3.8) is 0 Å². The van der Waals surface area contributed by atoms with E-state index >= 15 is 0 Å². The smallest absolute Gasteiger partial charge is 0.324 e. The van der Waals surface area contributed by atoms with Crippen molar-refractivity contribution in [2.45, 2.75) is 25.3 Å². The van der Waals surface area contributed by atoms with E-state index in [4.69, 9.17) is 16.3 Å². The molecule has 1 aliphatic heterocycles. The van der Waals surface area contributed by atoms with Crippen molar-refractivity contribution >= 4 is 35.1 Å². The molecule has 1 aliphatic rings. The van der Waals surface area contributed by atoms with E-state index in [2.05, 4.69) is 10.6 Å². The van der Waals surface area contributed by atoms with Gasteiger partial charge in [0.15, 0.2) is 0 Å². The molecule has 1 fully saturated rings. The molecule has 4 amide bonds. The Morgan fingerprint density at radius 2 is 1.97 bits per heavy atom. The number of methoxy groups -OCH3 is 1. The summed E-state index contributed by atoms with van der Waals surface area (Å²) in [5, 5.41) is 5.10. The Morgan fingerprint density at radius 3 is 2.63 bits per heavy atom. The molecule has 2 N–H and O–H groups in total. The monoisotopic (exact) mass is 433 g/mol. The third-order valence-corrected chi connectivity index (χ3v) is 5.04. The first kappa shape index (κ1) is 21.6. The van der Waals surface area contributed by atoms with Gasteiger partial charge in [0.1, 0.15) is 17.6 Å². The van der Waals surface area contributed by atoms with E-state index < -0.39 is 17.9 Å². The lowest BCUT2D eigenvalue weighted by atomic mass is 10.1. The molecule has 30 heavy (non-hydrogen) atoms. The molecular formula is C21H21ClFN3O4. The molecule has 1 unspecified atom stereocenters. The standard InChI is InChI=1S/C21H21ClFN3O4/c1-30-15-5-2-13(3-6-15)10-11-26-20(28)18(25-21(26)29)8-9-19(27)24-14-4-7-17(23)16(22)12-14/h2-7,12,18H,8-11H2,1H3,(H,24,27)(H,25,29). The molecule has 0 aromatic heterocycles. The largest absolute Gasteiger partial charge is 0.497 e. The first-order chi connectivity index (χ1) is 14.4. The van der Waals surface area contributed by atoms with Crippen molar-refractivity contribution < 1.29 is 23.5 Å². The molecule has 0 radical (unpaired) electrons. The third kappa shape index (κ3) is 5.27. The lowest BCUT2D eigenvalue weighted by Gasteiger charge is -2.13. The second-order valence-corrected chi connectivity index (χ2v) is 7.21. The maximum Gasteiger partial charge on any atom is 0.324 e. The zero-order valence-corrected chi connectivity index (χ0v) is 17.0. The molecule has 0 aliphatic carbocycles. The summed E-state index contributed by atoms with van der Waals surface area (Å²) in [5.41, 5.74) is 1.33. The number of nitrogens with zero attached hydrogens (tertiary/aromatic N) is 1. The van der Waals surface area contributed by atoms with Gasteiger partial charge < -0.3 is 15.4 Å². The molecule has 2 aromatic rings. The molecule has 1 saturated heterocycles. The Hall–Kier alpha value is -3.13. The molecule has 3 rings (SSSR count). The summed E-state index contributed by atoms with van der Waals surface area (Å²) in [5.74, 6) is -0.568. The van der Waals surface area contributed by atoms with Gasteiger partial charge in [-0.2, -0.15) is 0 Å². The first-order valence-electron chi connectivity index (χ1n) is 9.37. The van der Waals surface area contributed by atoms with Gasteiger partial charge in [0.2, 0.25) is 5.91 Å². The number of carbonyl (C=O) groups is 3. The Kier molecular flexibility index (Phi) is 6.89. The quantitative estimate of drug-likeness (QED) is 0.625. The minimum absolute atomic E-state index is 0.0119. The predicted octanol–water partition coefficient (Wildman–Crippen LogP) is 3.37. The van der Waals surface area contributed by atoms with Crippen LogP contribution in [0.1, 0.15) is 18.4 Å². The van der Waals surface area contributed by atoms with Crippen LogP contribution in [0.3, 0.4) is 0 Å². The molecule has 1 atom stereocenters. The van der Waals surface area contributed by atoms with Crippen LogP contribution in [0.4, 0.5) is 14.9 Å². The van der Waals surface area contributed by atoms with Gasteiger partial charge in [0.05, 0.1) is 12.1 Å². The van der Waals surface area contributed by atoms with Crippen LogP contribution >= 0.6 is 11.6 Å². The number of amides is 4. The van der Waals surface area contributed by atoms with Crippen molar-refractivity contribution in [3.8, 4) is 5.75 Å². The van der Waals surface area contributed by atoms with Gasteiger partial charge >= 0.3 is 6.03 Å². The predicted molar refractivity (Wildman–Crippen MR) is 110 cm³/mol. The lowest BCUT2D eigenvalue weighted by Crippen LogP contribution is -2.33. The topological polar surface area (TPSA) is 87.7 Å². The number of rotatable bonds is 8. The molecule has 158 valence electrons. The number of hydrogen-bond acceptors (Lipinski definition) is 4. The van der Waals surface area contributed by atoms with E-state index in [1.165, 1.54) is 12.1 Å². The van der Waals surface area contributed by atoms with Crippen LogP contribution in [0.15, 0.2) is 42.5 Å². The maximum atomic E-state index is 13.2. The summed E-state index contributed by atoms with van der Waals surface area (Å²) in [6.07, 6.45) is 0.685. The second-order valence-electron chi connectivity index (χ2n) is 6.81. The summed E-state index contributed by atoms with van der Waals surface area (Å²) in [7, 11) is 1.58. The summed E-state index contributed by atoms with van der Waals surface area (Å²) in [4.78, 5) is 37.9. The van der Waals surface area contributed by atoms with Gasteiger partial charge in [-0.15, -0.1) is 0 Å². The number of nitrogens with one attached hydrogen (secondary N) is 2. The van der Waals surface area contributed by atoms with Crippen LogP contribution in [0.2, 0.25) is 5.02 Å². The number of carbonyl (C=O) groups excluding carboxylic acids is 3. The van der Waals surface area contributed by atoms with Crippen molar-refractivity contribution in [1.82, 2.24) is 10.2 Å². The van der Waals surface area contributed by atoms with Crippen LogP contribution in [0.25, 0.3) is 0 Å². The van der Waals surface area contributed by atoms with E-state index in [1.807, 2.05) is 24.3 Å². The minimum atomic E-state index is -0.754. The lowest BCUT2D eigenvalue weighted by molar-refractivity contribution is -0.127. The third-order valence-electron chi connectivity index (χ3n) is 4.75. The molecule has 9 heteroatoms. The number of hydrogen-bond donors (Lipinski definition) is 2. The SMILES string of the molecule is COc1ccc(CCN2C(=O)NC(CCC(=O)Nc3ccc(F)c(Cl)c3)C2=O)cc1. The van der Waals surface area contributed by atoms with Crippen molar-refractivity contribution in [2.24, 2.45) is 0 Å². The average Bonchev–Trinajstić information content (AvgIpc) is 3.01. The molecule has 0 bridgehead atoms. The summed E-state index contributed by atoms with van der Waals surface area (Å²) >= 11 is 5.69. The zero-order chi connectivity index (χ0) is 21.7. The minimum Gasteiger partial charge on any atom is -0.497 e. The van der Waals surface area contributed by atoms with Gasteiger partial charge in [0.25, 0.3) is 5.91 Å². The molecule has 0 spiro atoms. The van der Waals surface area contributed by atoms with Gasteiger partial charge in [0, 0.05) is 18.7 Å². The van der Waals surface area contributed by atoms with Crippen molar-refractivity contribution in [1.29, 1.82) is 0 Å². The highest BCUT2D eigenvalue weighted by atomic mass is 35.5. The second kappa shape index (κ2) is 9.58. The zero-order valence-electron chi connectivity index (χ0n) is 16.3. The van der Waals surface area contributed by atoms with E-state index in [0.29, 0.717) is 12.1 Å². The molecule has 1 heterocycles. The van der Waals surface area contributed by atoms with Crippen LogP contribution in [0.5, 0.6) is 5.75 Å². The van der Waals surface area contributed by atoms with Gasteiger partial charge in [-0.25, -0.2) is 9.18 Å². The molecule has 0 saturated carbocycles. The summed E-state index contributed by atoms with van der Waals surface area (Å²) < 4.78 is 18.3. The number of imide groups is 1. The van der Waals surface area contributed by atoms with E-state index in [0.717, 1.165) is 22.3 Å². The van der Waals surface area contributed by atoms with E-state index in [-0.39, 0.29) is 36.2 Å². The Bertz CT molecular complexity index is 952. The Labute approximate surface area is 178 Å². The molecule has 7 nitrogen and oxygen atoms in total. The highest BCUT2D eigenvalue weighted by Crippen LogP contribution is 2.20. The highest BCUT2D eigenvalue weighted by molar-refractivity contribution is 6.31. The van der Waals surface area contributed by atoms with E-state index in [9.17, 15) is 18.8 Å². The van der Waals surface area contributed by atoms with Gasteiger partial charge in [-0.1, -0.05) is 23.7 Å². The fourth-order valence-electron chi connectivity index (χ4n) is 3.09. The number of benzene rings is 2. The summed E-state index contributed by atoms with van der Waals surface area (Å²) in [6, 6.07) is 10.0. The Morgan fingerprint density at radius 1 is 1.23 bits per heavy atom. The van der Waals surface area contributed by atoms with Crippen molar-refractivity contribution in [3.05, 3.63) is 58.9 Å². The van der Waals surface area contributed by atoms with Crippen LogP contribution in [-0.2, 0) is 16.0 Å². The number of anilines is 1. The van der Waals surface area contributed by atoms with Crippen LogP contribution in [0, 0.1) is 5.82 Å². The number of halogens is 2. The maximum absolute atomic E-state index is 13.2. The Balaban J connectivity index is 1.48. The van der Waals surface area contributed by atoms with Crippen molar-refractivity contribution in [2.75, 3.05) is 19.0 Å². The highest BCUT2D eigenvalue weighted by Gasteiger charge is 2.37. The van der Waals surface area contributed by atoms with Crippen LogP contribution in [-0.4, -0.2) is 42.4 Å².